The lowest BCUT2D eigenvalue weighted by Crippen LogP contribution is -2.16. The highest BCUT2D eigenvalue weighted by Gasteiger charge is 2.30. The van der Waals surface area contributed by atoms with Gasteiger partial charge in [-0.25, -0.2) is 4.39 Å². The van der Waals surface area contributed by atoms with Gasteiger partial charge >= 0.3 is 6.18 Å². The maximum absolute atomic E-state index is 13.5. The second kappa shape index (κ2) is 6.36. The fourth-order valence-corrected chi connectivity index (χ4v) is 2.00. The first-order valence-corrected chi connectivity index (χ1v) is 6.54. The number of carbonyl (C=O) groups is 1. The van der Waals surface area contributed by atoms with Crippen LogP contribution in [0.15, 0.2) is 42.5 Å². The predicted molar refractivity (Wildman–Crippen MR) is 75.2 cm³/mol. The molecule has 1 N–H and O–H groups in total. The summed E-state index contributed by atoms with van der Waals surface area (Å²) in [6, 6.07) is 8.03. The lowest BCUT2D eigenvalue weighted by molar-refractivity contribution is -0.137. The first-order chi connectivity index (χ1) is 10.3. The van der Waals surface area contributed by atoms with Crippen LogP contribution in [0.4, 0.5) is 23.2 Å². The molecule has 2 aromatic rings. The summed E-state index contributed by atoms with van der Waals surface area (Å²) in [4.78, 5) is 11.8. The van der Waals surface area contributed by atoms with Crippen molar-refractivity contribution in [2.45, 2.75) is 12.6 Å². The molecule has 0 aliphatic heterocycles. The number of nitrogens with one attached hydrogen (secondary N) is 1. The molecule has 0 aromatic heterocycles. The molecule has 0 aliphatic carbocycles. The van der Waals surface area contributed by atoms with Crippen molar-refractivity contribution in [3.05, 3.63) is 64.4 Å². The maximum atomic E-state index is 13.5. The summed E-state index contributed by atoms with van der Waals surface area (Å²) in [6.45, 7) is 0. The van der Waals surface area contributed by atoms with E-state index in [4.69, 9.17) is 11.6 Å². The highest BCUT2D eigenvalue weighted by molar-refractivity contribution is 6.30. The minimum absolute atomic E-state index is 0.121. The molecule has 0 unspecified atom stereocenters. The molecule has 22 heavy (non-hydrogen) atoms. The third-order valence-corrected chi connectivity index (χ3v) is 3.06. The van der Waals surface area contributed by atoms with Crippen LogP contribution in [0.2, 0.25) is 5.02 Å². The molecule has 0 heterocycles. The fraction of sp³-hybridized carbons (Fsp3) is 0.133. The van der Waals surface area contributed by atoms with Crippen molar-refractivity contribution in [3.8, 4) is 0 Å². The molecule has 0 fully saturated rings. The number of halogens is 5. The molecular weight excluding hydrogens is 322 g/mol. The number of carbonyl (C=O) groups excluding carboxylic acids is 1. The molecule has 0 aliphatic rings. The Bertz CT molecular complexity index is 700. The Morgan fingerprint density at radius 2 is 1.86 bits per heavy atom. The van der Waals surface area contributed by atoms with E-state index in [2.05, 4.69) is 5.32 Å². The number of hydrogen-bond donors (Lipinski definition) is 1. The highest BCUT2D eigenvalue weighted by Crippen LogP contribution is 2.29. The third-order valence-electron chi connectivity index (χ3n) is 2.82. The van der Waals surface area contributed by atoms with E-state index in [9.17, 15) is 22.4 Å². The summed E-state index contributed by atoms with van der Waals surface area (Å²) >= 11 is 5.69. The van der Waals surface area contributed by atoms with Gasteiger partial charge in [0.2, 0.25) is 5.91 Å². The van der Waals surface area contributed by atoms with Crippen molar-refractivity contribution in [1.82, 2.24) is 0 Å². The quantitative estimate of drug-likeness (QED) is 0.813. The molecule has 2 rings (SSSR count). The minimum atomic E-state index is -4.48. The monoisotopic (exact) mass is 331 g/mol. The standard InChI is InChI=1S/C15H10ClF4NO/c16-11-4-5-12(17)13(8-11)21-14(22)7-9-2-1-3-10(6-9)15(18,19)20/h1-6,8H,7H2,(H,21,22). The van der Waals surface area contributed by atoms with E-state index < -0.39 is 23.5 Å². The molecule has 2 aromatic carbocycles. The van der Waals surface area contributed by atoms with Crippen molar-refractivity contribution in [2.24, 2.45) is 0 Å². The van der Waals surface area contributed by atoms with Gasteiger partial charge in [-0.15, -0.1) is 0 Å². The molecule has 0 spiro atoms. The number of benzene rings is 2. The van der Waals surface area contributed by atoms with E-state index in [0.717, 1.165) is 18.2 Å². The van der Waals surface area contributed by atoms with E-state index in [-0.39, 0.29) is 22.7 Å². The van der Waals surface area contributed by atoms with E-state index in [1.165, 1.54) is 24.3 Å². The summed E-state index contributed by atoms with van der Waals surface area (Å²) in [5.74, 6) is -1.32. The van der Waals surface area contributed by atoms with Crippen molar-refractivity contribution < 1.29 is 22.4 Å². The summed E-state index contributed by atoms with van der Waals surface area (Å²) in [7, 11) is 0. The third kappa shape index (κ3) is 4.21. The highest BCUT2D eigenvalue weighted by atomic mass is 35.5. The van der Waals surface area contributed by atoms with E-state index >= 15 is 0 Å². The number of alkyl halides is 3. The van der Waals surface area contributed by atoms with Crippen LogP contribution < -0.4 is 5.32 Å². The Labute approximate surface area is 128 Å². The Kier molecular flexibility index (Phi) is 4.71. The number of rotatable bonds is 3. The maximum Gasteiger partial charge on any atom is 0.416 e. The van der Waals surface area contributed by atoms with Crippen molar-refractivity contribution in [1.29, 1.82) is 0 Å². The predicted octanol–water partition coefficient (Wildman–Crippen LogP) is 4.68. The van der Waals surface area contributed by atoms with Gasteiger partial charge in [0.1, 0.15) is 5.82 Å². The van der Waals surface area contributed by atoms with Crippen LogP contribution in [0, 0.1) is 5.82 Å². The average molecular weight is 332 g/mol. The second-order valence-corrected chi connectivity index (χ2v) is 4.98. The molecular formula is C15H10ClF4NO. The lowest BCUT2D eigenvalue weighted by atomic mass is 10.1. The topological polar surface area (TPSA) is 29.1 Å². The Hall–Kier alpha value is -2.08. The van der Waals surface area contributed by atoms with Gasteiger partial charge in [0, 0.05) is 5.02 Å². The van der Waals surface area contributed by atoms with Gasteiger partial charge in [-0.3, -0.25) is 4.79 Å². The van der Waals surface area contributed by atoms with Gasteiger partial charge in [-0.05, 0) is 29.8 Å². The van der Waals surface area contributed by atoms with Crippen molar-refractivity contribution in [3.63, 3.8) is 0 Å². The van der Waals surface area contributed by atoms with E-state index in [1.54, 1.807) is 0 Å². The van der Waals surface area contributed by atoms with Crippen LogP contribution in [-0.2, 0) is 17.4 Å². The summed E-state index contributed by atoms with van der Waals surface area (Å²) < 4.78 is 51.2. The van der Waals surface area contributed by atoms with Crippen LogP contribution in [0.3, 0.4) is 0 Å². The van der Waals surface area contributed by atoms with E-state index in [1.807, 2.05) is 0 Å². The zero-order valence-electron chi connectivity index (χ0n) is 11.0. The van der Waals surface area contributed by atoms with Gasteiger partial charge in [0.25, 0.3) is 0 Å². The minimum Gasteiger partial charge on any atom is -0.323 e. The fourth-order valence-electron chi connectivity index (χ4n) is 1.83. The van der Waals surface area contributed by atoms with Crippen LogP contribution >= 0.6 is 11.6 Å². The molecule has 0 saturated heterocycles. The van der Waals surface area contributed by atoms with Crippen LogP contribution in [0.5, 0.6) is 0 Å². The summed E-state index contributed by atoms with van der Waals surface area (Å²) in [5, 5.41) is 2.51. The number of anilines is 1. The van der Waals surface area contributed by atoms with Crippen molar-refractivity contribution in [2.75, 3.05) is 5.32 Å². The molecule has 0 radical (unpaired) electrons. The SMILES string of the molecule is O=C(Cc1cccc(C(F)(F)F)c1)Nc1cc(Cl)ccc1F. The van der Waals surface area contributed by atoms with Gasteiger partial charge in [-0.1, -0.05) is 29.8 Å². The van der Waals surface area contributed by atoms with Gasteiger partial charge in [-0.2, -0.15) is 13.2 Å². The zero-order valence-corrected chi connectivity index (χ0v) is 11.8. The summed E-state index contributed by atoms with van der Waals surface area (Å²) in [5.41, 5.74) is -0.786. The normalized spacial score (nSPS) is 11.3. The summed E-state index contributed by atoms with van der Waals surface area (Å²) in [6.07, 6.45) is -4.79. The first-order valence-electron chi connectivity index (χ1n) is 6.17. The van der Waals surface area contributed by atoms with Crippen LogP contribution in [0.1, 0.15) is 11.1 Å². The molecule has 0 bridgehead atoms. The largest absolute Gasteiger partial charge is 0.416 e. The molecule has 2 nitrogen and oxygen atoms in total. The zero-order chi connectivity index (χ0) is 16.3. The number of amides is 1. The molecule has 0 atom stereocenters. The Morgan fingerprint density at radius 1 is 1.14 bits per heavy atom. The molecule has 0 saturated carbocycles. The molecule has 1 amide bonds. The van der Waals surface area contributed by atoms with Gasteiger partial charge in [0.15, 0.2) is 0 Å². The number of hydrogen-bond acceptors (Lipinski definition) is 1. The molecule has 116 valence electrons. The average Bonchev–Trinajstić information content (AvgIpc) is 2.42. The van der Waals surface area contributed by atoms with E-state index in [0.29, 0.717) is 0 Å². The Morgan fingerprint density at radius 3 is 2.55 bits per heavy atom. The van der Waals surface area contributed by atoms with Crippen molar-refractivity contribution >= 4 is 23.2 Å². The Balaban J connectivity index is 2.11. The van der Waals surface area contributed by atoms with Gasteiger partial charge in [0.05, 0.1) is 17.7 Å². The second-order valence-electron chi connectivity index (χ2n) is 4.55. The molecule has 7 heteroatoms. The lowest BCUT2D eigenvalue weighted by Gasteiger charge is -2.10. The van der Waals surface area contributed by atoms with Crippen LogP contribution in [0.25, 0.3) is 0 Å². The van der Waals surface area contributed by atoms with Crippen LogP contribution in [-0.4, -0.2) is 5.91 Å². The first kappa shape index (κ1) is 16.3. The van der Waals surface area contributed by atoms with Gasteiger partial charge < -0.3 is 5.32 Å². The smallest absolute Gasteiger partial charge is 0.323 e.